The molecule has 0 bridgehead atoms. The number of rotatable bonds is 4. The van der Waals surface area contributed by atoms with Crippen molar-refractivity contribution in [2.24, 2.45) is 0 Å². The molecule has 7 aromatic carbocycles. The lowest BCUT2D eigenvalue weighted by atomic mass is 9.84. The van der Waals surface area contributed by atoms with Gasteiger partial charge in [-0.1, -0.05) is 121 Å². The zero-order chi connectivity index (χ0) is 29.7. The second-order valence-electron chi connectivity index (χ2n) is 12.5. The minimum Gasteiger partial charge on any atom is -0.309 e. The quantitative estimate of drug-likeness (QED) is 0.197. The number of hydrogen-bond acceptors (Lipinski definition) is 0. The average molecular weight is 576 g/mol. The Morgan fingerprint density at radius 1 is 0.511 bits per heavy atom. The van der Waals surface area contributed by atoms with Crippen LogP contribution in [0.4, 0.5) is 0 Å². The molecule has 1 aliphatic rings. The van der Waals surface area contributed by atoms with E-state index >= 15 is 0 Å². The van der Waals surface area contributed by atoms with E-state index in [9.17, 15) is 0 Å². The van der Waals surface area contributed by atoms with Gasteiger partial charge in [-0.15, -0.1) is 0 Å². The van der Waals surface area contributed by atoms with Crippen LogP contribution in [0.3, 0.4) is 0 Å². The Balaban J connectivity index is 1.17. The van der Waals surface area contributed by atoms with Crippen LogP contribution in [0.2, 0.25) is 0 Å². The molecule has 0 amide bonds. The van der Waals surface area contributed by atoms with E-state index in [0.29, 0.717) is 5.92 Å². The van der Waals surface area contributed by atoms with Crippen molar-refractivity contribution in [3.05, 3.63) is 174 Å². The van der Waals surface area contributed by atoms with Crippen molar-refractivity contribution < 1.29 is 0 Å². The van der Waals surface area contributed by atoms with E-state index in [4.69, 9.17) is 0 Å². The van der Waals surface area contributed by atoms with Crippen LogP contribution in [0.1, 0.15) is 29.0 Å². The molecule has 1 heterocycles. The van der Waals surface area contributed by atoms with Crippen molar-refractivity contribution in [2.75, 3.05) is 0 Å². The van der Waals surface area contributed by atoms with E-state index in [-0.39, 0.29) is 0 Å². The molecular formula is C44H33N. The van der Waals surface area contributed by atoms with Crippen molar-refractivity contribution >= 4 is 32.6 Å². The van der Waals surface area contributed by atoms with Gasteiger partial charge in [0.1, 0.15) is 0 Å². The molecule has 0 aliphatic heterocycles. The Morgan fingerprint density at radius 2 is 1.24 bits per heavy atom. The smallest absolute Gasteiger partial charge is 0.0541 e. The first-order valence-electron chi connectivity index (χ1n) is 16.1. The summed E-state index contributed by atoms with van der Waals surface area (Å²) in [6, 6.07) is 58.5. The van der Waals surface area contributed by atoms with Crippen LogP contribution in [0.5, 0.6) is 0 Å². The van der Waals surface area contributed by atoms with Gasteiger partial charge in [-0.3, -0.25) is 0 Å². The molecule has 9 rings (SSSR count). The second kappa shape index (κ2) is 10.6. The maximum atomic E-state index is 2.46. The Morgan fingerprint density at radius 3 is 2.18 bits per heavy atom. The van der Waals surface area contributed by atoms with Crippen LogP contribution in [-0.4, -0.2) is 4.57 Å². The maximum absolute atomic E-state index is 2.46. The zero-order valence-corrected chi connectivity index (χ0v) is 25.2. The summed E-state index contributed by atoms with van der Waals surface area (Å²) >= 11 is 0. The lowest BCUT2D eigenvalue weighted by molar-refractivity contribution is 0.629. The average Bonchev–Trinajstić information content (AvgIpc) is 3.35. The van der Waals surface area contributed by atoms with E-state index in [2.05, 4.69) is 162 Å². The Labute approximate surface area is 264 Å². The minimum absolute atomic E-state index is 0.467. The van der Waals surface area contributed by atoms with E-state index in [1.807, 2.05) is 0 Å². The molecule has 1 nitrogen and oxygen atoms in total. The lowest BCUT2D eigenvalue weighted by Gasteiger charge is -2.20. The summed E-state index contributed by atoms with van der Waals surface area (Å²) < 4.78 is 2.39. The SMILES string of the molecule is c1ccc(-n2c3ccccc3c3cc(-c4ccc5c(c4)-c4ccccc4CCC5Cc4ccc5ccccc5c4)ccc32)cc1. The summed E-state index contributed by atoms with van der Waals surface area (Å²) in [7, 11) is 0. The first kappa shape index (κ1) is 26.0. The Hall–Kier alpha value is -5.40. The molecule has 1 aliphatic carbocycles. The Bertz CT molecular complexity index is 2360. The third-order valence-electron chi connectivity index (χ3n) is 9.88. The highest BCUT2D eigenvalue weighted by atomic mass is 15.0. The summed E-state index contributed by atoms with van der Waals surface area (Å²) in [5, 5.41) is 5.21. The molecule has 0 fully saturated rings. The monoisotopic (exact) mass is 575 g/mol. The summed E-state index contributed by atoms with van der Waals surface area (Å²) in [6.45, 7) is 0. The fourth-order valence-corrected chi connectivity index (χ4v) is 7.68. The van der Waals surface area contributed by atoms with Crippen LogP contribution in [-0.2, 0) is 12.8 Å². The third-order valence-corrected chi connectivity index (χ3v) is 9.88. The van der Waals surface area contributed by atoms with Gasteiger partial charge in [0, 0.05) is 16.5 Å². The van der Waals surface area contributed by atoms with Gasteiger partial charge in [0.05, 0.1) is 11.0 Å². The second-order valence-corrected chi connectivity index (χ2v) is 12.5. The predicted molar refractivity (Wildman–Crippen MR) is 190 cm³/mol. The summed E-state index contributed by atoms with van der Waals surface area (Å²) in [4.78, 5) is 0. The van der Waals surface area contributed by atoms with Gasteiger partial charge in [0.2, 0.25) is 0 Å². The van der Waals surface area contributed by atoms with E-state index < -0.39 is 0 Å². The van der Waals surface area contributed by atoms with Gasteiger partial charge in [-0.25, -0.2) is 0 Å². The van der Waals surface area contributed by atoms with Gasteiger partial charge in [0.25, 0.3) is 0 Å². The number of aromatic nitrogens is 1. The van der Waals surface area contributed by atoms with Gasteiger partial charge in [-0.2, -0.15) is 0 Å². The first-order valence-corrected chi connectivity index (χ1v) is 16.1. The Kier molecular flexibility index (Phi) is 6.16. The van der Waals surface area contributed by atoms with Crippen LogP contribution in [0.25, 0.3) is 60.5 Å². The van der Waals surface area contributed by atoms with Crippen LogP contribution in [0, 0.1) is 0 Å². The highest BCUT2D eigenvalue weighted by Gasteiger charge is 2.23. The van der Waals surface area contributed by atoms with Gasteiger partial charge < -0.3 is 4.57 Å². The zero-order valence-electron chi connectivity index (χ0n) is 25.2. The standard InChI is InChI=1S/C44H33N/c1-2-13-37(14-3-1)45-43-17-9-8-16-40(43)42-29-35(23-25-44(42)45)34-22-24-39-36(21-20-32-11-6-7-15-38(32)41(39)28-34)27-30-18-19-31-10-4-5-12-33(31)26-30/h1-19,22-26,28-29,36H,20-21,27H2. The van der Waals surface area contributed by atoms with Crippen LogP contribution < -0.4 is 0 Å². The number of aryl methyl sites for hydroxylation is 1. The fraction of sp³-hybridized carbons (Fsp3) is 0.0909. The molecule has 0 saturated heterocycles. The summed E-state index contributed by atoms with van der Waals surface area (Å²) in [6.07, 6.45) is 3.31. The fourth-order valence-electron chi connectivity index (χ4n) is 7.68. The number of para-hydroxylation sites is 2. The van der Waals surface area contributed by atoms with E-state index in [1.165, 1.54) is 77.2 Å². The number of benzene rings is 7. The molecular weight excluding hydrogens is 542 g/mol. The normalized spacial score (nSPS) is 14.4. The van der Waals surface area contributed by atoms with Crippen molar-refractivity contribution in [3.63, 3.8) is 0 Å². The molecule has 8 aromatic rings. The van der Waals surface area contributed by atoms with Crippen molar-refractivity contribution in [1.29, 1.82) is 0 Å². The van der Waals surface area contributed by atoms with Gasteiger partial charge in [0.15, 0.2) is 0 Å². The maximum Gasteiger partial charge on any atom is 0.0541 e. The van der Waals surface area contributed by atoms with Crippen LogP contribution in [0.15, 0.2) is 158 Å². The van der Waals surface area contributed by atoms with Crippen LogP contribution >= 0.6 is 0 Å². The lowest BCUT2D eigenvalue weighted by Crippen LogP contribution is -2.04. The highest BCUT2D eigenvalue weighted by molar-refractivity contribution is 6.10. The summed E-state index contributed by atoms with van der Waals surface area (Å²) in [5.74, 6) is 0.467. The molecule has 1 aromatic heterocycles. The van der Waals surface area contributed by atoms with Gasteiger partial charge in [-0.05, 0) is 111 Å². The predicted octanol–water partition coefficient (Wildman–Crippen LogP) is 11.5. The highest BCUT2D eigenvalue weighted by Crippen LogP contribution is 2.43. The van der Waals surface area contributed by atoms with E-state index in [1.54, 1.807) is 0 Å². The molecule has 0 N–H and O–H groups in total. The number of nitrogens with zero attached hydrogens (tertiary/aromatic N) is 1. The molecule has 1 unspecified atom stereocenters. The van der Waals surface area contributed by atoms with Crippen molar-refractivity contribution in [3.8, 4) is 27.9 Å². The first-order chi connectivity index (χ1) is 22.3. The van der Waals surface area contributed by atoms with Crippen molar-refractivity contribution in [2.45, 2.75) is 25.2 Å². The molecule has 1 heteroatoms. The van der Waals surface area contributed by atoms with E-state index in [0.717, 1.165) is 19.3 Å². The minimum atomic E-state index is 0.467. The molecule has 0 spiro atoms. The molecule has 0 saturated carbocycles. The third kappa shape index (κ3) is 4.47. The van der Waals surface area contributed by atoms with Gasteiger partial charge >= 0.3 is 0 Å². The number of fused-ring (bicyclic) bond motifs is 7. The van der Waals surface area contributed by atoms with Crippen molar-refractivity contribution in [1.82, 2.24) is 4.57 Å². The largest absolute Gasteiger partial charge is 0.309 e. The molecule has 45 heavy (non-hydrogen) atoms. The molecule has 214 valence electrons. The molecule has 0 radical (unpaired) electrons. The summed E-state index contributed by atoms with van der Waals surface area (Å²) in [5.41, 5.74) is 13.3. The topological polar surface area (TPSA) is 4.93 Å². The molecule has 1 atom stereocenters. The number of hydrogen-bond donors (Lipinski definition) is 0.